The molecule has 104 valence electrons. The minimum Gasteiger partial charge on any atom is -0.349 e. The first-order chi connectivity index (χ1) is 8.87. The van der Waals surface area contributed by atoms with Crippen LogP contribution in [0.4, 0.5) is 4.39 Å². The summed E-state index contributed by atoms with van der Waals surface area (Å²) in [6.45, 7) is 6.32. The molecule has 3 heteroatoms. The van der Waals surface area contributed by atoms with E-state index < -0.39 is 5.82 Å². The molecule has 1 aliphatic carbocycles. The normalized spacial score (nSPS) is 19.2. The van der Waals surface area contributed by atoms with Crippen LogP contribution in [-0.2, 0) is 0 Å². The van der Waals surface area contributed by atoms with Gasteiger partial charge in [0.2, 0.25) is 0 Å². The minimum atomic E-state index is -0.436. The summed E-state index contributed by atoms with van der Waals surface area (Å²) < 4.78 is 13.7. The lowest BCUT2D eigenvalue weighted by Crippen LogP contribution is -2.39. The van der Waals surface area contributed by atoms with E-state index in [0.717, 1.165) is 31.2 Å². The molecule has 0 unspecified atom stereocenters. The van der Waals surface area contributed by atoms with Crippen LogP contribution >= 0.6 is 0 Å². The molecule has 1 saturated carbocycles. The van der Waals surface area contributed by atoms with Gasteiger partial charge in [-0.3, -0.25) is 4.79 Å². The third-order valence-electron chi connectivity index (χ3n) is 4.04. The Labute approximate surface area is 114 Å². The van der Waals surface area contributed by atoms with Gasteiger partial charge >= 0.3 is 0 Å². The molecule has 2 nitrogen and oxygen atoms in total. The van der Waals surface area contributed by atoms with Gasteiger partial charge in [-0.25, -0.2) is 4.39 Å². The predicted molar refractivity (Wildman–Crippen MR) is 74.6 cm³/mol. The Morgan fingerprint density at radius 1 is 1.32 bits per heavy atom. The van der Waals surface area contributed by atoms with Gasteiger partial charge in [-0.15, -0.1) is 0 Å². The zero-order valence-corrected chi connectivity index (χ0v) is 11.9. The van der Waals surface area contributed by atoms with Crippen LogP contribution in [0.1, 0.15) is 55.5 Å². The Kier molecular flexibility index (Phi) is 3.93. The summed E-state index contributed by atoms with van der Waals surface area (Å²) in [6.07, 6.45) is 4.17. The van der Waals surface area contributed by atoms with Gasteiger partial charge in [0.05, 0.1) is 5.56 Å². The summed E-state index contributed by atoms with van der Waals surface area (Å²) in [4.78, 5) is 12.1. The van der Waals surface area contributed by atoms with Crippen molar-refractivity contribution in [3.8, 4) is 0 Å². The van der Waals surface area contributed by atoms with E-state index in [1.54, 1.807) is 12.1 Å². The monoisotopic (exact) mass is 263 g/mol. The average molecular weight is 263 g/mol. The van der Waals surface area contributed by atoms with Crippen LogP contribution < -0.4 is 5.32 Å². The molecule has 0 atom stereocenters. The number of carbonyl (C=O) groups is 1. The van der Waals surface area contributed by atoms with Crippen LogP contribution in [-0.4, -0.2) is 11.9 Å². The van der Waals surface area contributed by atoms with Crippen molar-refractivity contribution >= 4 is 5.91 Å². The molecular formula is C16H22FNO. The first-order valence-electron chi connectivity index (χ1n) is 6.94. The van der Waals surface area contributed by atoms with E-state index >= 15 is 0 Å². The first kappa shape index (κ1) is 14.0. The maximum Gasteiger partial charge on any atom is 0.254 e. The van der Waals surface area contributed by atoms with Crippen LogP contribution in [0.3, 0.4) is 0 Å². The molecule has 1 aliphatic rings. The van der Waals surface area contributed by atoms with Crippen LogP contribution in [0.15, 0.2) is 18.2 Å². The molecule has 0 bridgehead atoms. The van der Waals surface area contributed by atoms with Crippen molar-refractivity contribution < 1.29 is 9.18 Å². The third-order valence-corrected chi connectivity index (χ3v) is 4.04. The van der Waals surface area contributed by atoms with Crippen molar-refractivity contribution in [2.24, 2.45) is 5.41 Å². The minimum absolute atomic E-state index is 0.149. The van der Waals surface area contributed by atoms with Crippen molar-refractivity contribution in [2.45, 2.75) is 52.5 Å². The topological polar surface area (TPSA) is 29.1 Å². The van der Waals surface area contributed by atoms with Crippen LogP contribution in [0, 0.1) is 18.2 Å². The van der Waals surface area contributed by atoms with Gasteiger partial charge in [0.25, 0.3) is 5.91 Å². The number of hydrogen-bond donors (Lipinski definition) is 1. The third kappa shape index (κ3) is 3.55. The molecule has 0 radical (unpaired) electrons. The number of benzene rings is 1. The molecule has 19 heavy (non-hydrogen) atoms. The molecule has 1 aromatic carbocycles. The summed E-state index contributed by atoms with van der Waals surface area (Å²) in [5, 5.41) is 2.95. The predicted octanol–water partition coefficient (Wildman–Crippen LogP) is 3.83. The van der Waals surface area contributed by atoms with Gasteiger partial charge in [-0.2, -0.15) is 0 Å². The highest BCUT2D eigenvalue weighted by Crippen LogP contribution is 2.35. The zero-order valence-electron chi connectivity index (χ0n) is 11.9. The number of hydrogen-bond acceptors (Lipinski definition) is 1. The SMILES string of the molecule is Cc1ccc(C(=O)NC2CCC(C)(C)CC2)c(F)c1. The van der Waals surface area contributed by atoms with Crippen molar-refractivity contribution in [1.82, 2.24) is 5.32 Å². The summed E-state index contributed by atoms with van der Waals surface area (Å²) in [7, 11) is 0. The molecule has 0 spiro atoms. The number of halogens is 1. The van der Waals surface area contributed by atoms with Crippen molar-refractivity contribution in [2.75, 3.05) is 0 Å². The lowest BCUT2D eigenvalue weighted by Gasteiger charge is -2.34. The van der Waals surface area contributed by atoms with Crippen molar-refractivity contribution in [3.05, 3.63) is 35.1 Å². The Hall–Kier alpha value is -1.38. The van der Waals surface area contributed by atoms with Gasteiger partial charge in [-0.1, -0.05) is 19.9 Å². The highest BCUT2D eigenvalue weighted by molar-refractivity contribution is 5.94. The molecule has 0 aromatic heterocycles. The largest absolute Gasteiger partial charge is 0.349 e. The van der Waals surface area contributed by atoms with Gasteiger partial charge < -0.3 is 5.32 Å². The highest BCUT2D eigenvalue weighted by Gasteiger charge is 2.28. The fourth-order valence-electron chi connectivity index (χ4n) is 2.61. The van der Waals surface area contributed by atoms with Crippen molar-refractivity contribution in [1.29, 1.82) is 0 Å². The van der Waals surface area contributed by atoms with E-state index in [1.165, 1.54) is 6.07 Å². The van der Waals surface area contributed by atoms with Crippen LogP contribution in [0.25, 0.3) is 0 Å². The summed E-state index contributed by atoms with van der Waals surface area (Å²) in [5.41, 5.74) is 1.35. The number of rotatable bonds is 2. The van der Waals surface area contributed by atoms with E-state index in [4.69, 9.17) is 0 Å². The van der Waals surface area contributed by atoms with E-state index in [2.05, 4.69) is 19.2 Å². The van der Waals surface area contributed by atoms with E-state index in [9.17, 15) is 9.18 Å². The van der Waals surface area contributed by atoms with E-state index in [0.29, 0.717) is 5.41 Å². The number of carbonyl (C=O) groups excluding carboxylic acids is 1. The van der Waals surface area contributed by atoms with Gasteiger partial charge in [-0.05, 0) is 55.7 Å². The van der Waals surface area contributed by atoms with Gasteiger partial charge in [0, 0.05) is 6.04 Å². The molecule has 0 aliphatic heterocycles. The van der Waals surface area contributed by atoms with Crippen molar-refractivity contribution in [3.63, 3.8) is 0 Å². The van der Waals surface area contributed by atoms with E-state index in [-0.39, 0.29) is 17.5 Å². The Balaban J connectivity index is 1.98. The molecular weight excluding hydrogens is 241 g/mol. The fraction of sp³-hybridized carbons (Fsp3) is 0.562. The Bertz CT molecular complexity index is 472. The Morgan fingerprint density at radius 3 is 2.53 bits per heavy atom. The van der Waals surface area contributed by atoms with Crippen LogP contribution in [0.2, 0.25) is 0 Å². The molecule has 1 N–H and O–H groups in total. The molecule has 0 heterocycles. The molecule has 2 rings (SSSR count). The average Bonchev–Trinajstić information content (AvgIpc) is 2.31. The second-order valence-corrected chi connectivity index (χ2v) is 6.40. The van der Waals surface area contributed by atoms with E-state index in [1.807, 2.05) is 6.92 Å². The number of aryl methyl sites for hydroxylation is 1. The number of amides is 1. The highest BCUT2D eigenvalue weighted by atomic mass is 19.1. The second-order valence-electron chi connectivity index (χ2n) is 6.40. The molecule has 0 saturated heterocycles. The standard InChI is InChI=1S/C16H22FNO/c1-11-4-5-13(14(17)10-11)15(19)18-12-6-8-16(2,3)9-7-12/h4-5,10,12H,6-9H2,1-3H3,(H,18,19). The molecule has 1 amide bonds. The quantitative estimate of drug-likeness (QED) is 0.863. The molecule has 1 fully saturated rings. The lowest BCUT2D eigenvalue weighted by atomic mass is 9.75. The first-order valence-corrected chi connectivity index (χ1v) is 6.94. The maximum absolute atomic E-state index is 13.7. The summed E-state index contributed by atoms with van der Waals surface area (Å²) in [6, 6.07) is 4.91. The van der Waals surface area contributed by atoms with Gasteiger partial charge in [0.15, 0.2) is 0 Å². The lowest BCUT2D eigenvalue weighted by molar-refractivity contribution is 0.0905. The van der Waals surface area contributed by atoms with Gasteiger partial charge in [0.1, 0.15) is 5.82 Å². The van der Waals surface area contributed by atoms with Crippen LogP contribution in [0.5, 0.6) is 0 Å². The number of nitrogens with one attached hydrogen (secondary N) is 1. The maximum atomic E-state index is 13.7. The molecule has 1 aromatic rings. The summed E-state index contributed by atoms with van der Waals surface area (Å²) >= 11 is 0. The smallest absolute Gasteiger partial charge is 0.254 e. The summed E-state index contributed by atoms with van der Waals surface area (Å²) in [5.74, 6) is -0.726. The Morgan fingerprint density at radius 2 is 1.95 bits per heavy atom. The zero-order chi connectivity index (χ0) is 14.0. The fourth-order valence-corrected chi connectivity index (χ4v) is 2.61. The second kappa shape index (κ2) is 5.32.